The second-order valence-corrected chi connectivity index (χ2v) is 19.3. The monoisotopic (exact) mass is 904 g/mol. The van der Waals surface area contributed by atoms with Crippen LogP contribution >= 0.6 is 11.6 Å². The molecule has 0 radical (unpaired) electrons. The smallest absolute Gasteiger partial charge is 0.316 e. The van der Waals surface area contributed by atoms with Crippen LogP contribution in [0.25, 0.3) is 0 Å². The van der Waals surface area contributed by atoms with Crippen molar-refractivity contribution in [2.75, 3.05) is 33.8 Å². The Morgan fingerprint density at radius 2 is 1.65 bits per heavy atom. The highest BCUT2D eigenvalue weighted by Gasteiger charge is 2.58. The summed E-state index contributed by atoms with van der Waals surface area (Å²) in [6.07, 6.45) is -3.82. The summed E-state index contributed by atoms with van der Waals surface area (Å²) in [5.74, 6) is -2.76. The number of rotatable bonds is 13. The number of cyclic esters (lactones) is 1. The number of nitrogens with zero attached hydrogens (tertiary/aromatic N) is 2. The van der Waals surface area contributed by atoms with Crippen molar-refractivity contribution >= 4 is 17.6 Å². The average Bonchev–Trinajstić information content (AvgIpc) is 3.22. The lowest BCUT2D eigenvalue weighted by Crippen LogP contribution is -2.70. The van der Waals surface area contributed by atoms with Crippen LogP contribution in [0, 0.1) is 17.8 Å². The number of aliphatic hydroxyl groups excluding tert-OH is 1. The number of hydrogen-bond acceptors (Lipinski definition) is 17. The zero-order valence-electron chi connectivity index (χ0n) is 39.2. The lowest BCUT2D eigenvalue weighted by Gasteiger charge is -2.53. The SMILES string of the molecule is CCCNC[C@]1(O)[C@H](C)O[C@@H](OC2C(C)C(=O)OC(CC)C(C)(O)C(O)C(C)NCC(C)CC(C)(O)C(O[C@@H]3O[C@H](C)C[C@H](NC)[C@H]3Oc3ncc(Cl)cn3)C2C)C[C@@]1(C)OC. The third-order valence-electron chi connectivity index (χ3n) is 13.6. The van der Waals surface area contributed by atoms with Crippen LogP contribution in [-0.2, 0) is 33.2 Å². The standard InChI is InChI=1S/C44H78ClN5O12/c1-14-16-47-23-44(55)29(8)58-33(19-42(44,10)56-13)60-34-26(5)37(62-39-35(31(46-12)17-25(4)57-39)61-40-49-21-30(45)22-50-40)41(9,53)18-24(3)20-48-28(7)36(51)43(11,54)32(15-2)59-38(52)27(34)6/h21-22,24-29,31-37,39,46-48,51,53-55H,14-20,23H2,1-13H3/t24?,25-,26?,27?,28?,29+,31+,32?,33+,34?,35-,36?,37?,39+,41?,42-,43?,44+/m1/s1. The summed E-state index contributed by atoms with van der Waals surface area (Å²) in [7, 11) is 3.35. The maximum absolute atomic E-state index is 14.5. The summed E-state index contributed by atoms with van der Waals surface area (Å²) in [4.78, 5) is 23.0. The minimum atomic E-state index is -1.83. The molecule has 0 bridgehead atoms. The Balaban J connectivity index is 1.84. The van der Waals surface area contributed by atoms with Crippen molar-refractivity contribution in [2.24, 2.45) is 17.8 Å². The molecule has 7 N–H and O–H groups in total. The lowest BCUT2D eigenvalue weighted by molar-refractivity contribution is -0.335. The number of ether oxygens (including phenoxy) is 7. The minimum absolute atomic E-state index is 0.0536. The van der Waals surface area contributed by atoms with E-state index in [4.69, 9.17) is 44.8 Å². The van der Waals surface area contributed by atoms with Gasteiger partial charge in [-0.15, -0.1) is 0 Å². The van der Waals surface area contributed by atoms with Gasteiger partial charge in [0.15, 0.2) is 18.7 Å². The van der Waals surface area contributed by atoms with Crippen LogP contribution in [0.2, 0.25) is 5.02 Å². The first-order valence-corrected chi connectivity index (χ1v) is 22.8. The van der Waals surface area contributed by atoms with Gasteiger partial charge in [-0.3, -0.25) is 4.79 Å². The fourth-order valence-corrected chi connectivity index (χ4v) is 9.71. The topological polar surface area (TPSA) is 224 Å². The van der Waals surface area contributed by atoms with E-state index in [0.717, 1.165) is 6.42 Å². The first kappa shape index (κ1) is 52.8. The van der Waals surface area contributed by atoms with E-state index in [1.807, 2.05) is 41.7 Å². The highest BCUT2D eigenvalue weighted by Crippen LogP contribution is 2.43. The van der Waals surface area contributed by atoms with E-state index in [1.54, 1.807) is 34.6 Å². The number of carbonyl (C=O) groups is 1. The molecule has 18 atom stereocenters. The van der Waals surface area contributed by atoms with Crippen LogP contribution in [-0.4, -0.2) is 160 Å². The van der Waals surface area contributed by atoms with Crippen LogP contribution in [0.4, 0.5) is 0 Å². The fourth-order valence-electron chi connectivity index (χ4n) is 9.61. The third-order valence-corrected chi connectivity index (χ3v) is 13.8. The molecule has 3 fully saturated rings. The molecule has 17 nitrogen and oxygen atoms in total. The van der Waals surface area contributed by atoms with Gasteiger partial charge >= 0.3 is 12.0 Å². The number of aliphatic hydroxyl groups is 4. The summed E-state index contributed by atoms with van der Waals surface area (Å²) < 4.78 is 45.5. The highest BCUT2D eigenvalue weighted by atomic mass is 35.5. The van der Waals surface area contributed by atoms with Crippen molar-refractivity contribution in [3.8, 4) is 6.01 Å². The molecule has 1 aromatic rings. The van der Waals surface area contributed by atoms with Gasteiger partial charge in [0.2, 0.25) is 0 Å². The molecule has 3 aliphatic rings. The molecular weight excluding hydrogens is 826 g/mol. The third kappa shape index (κ3) is 12.1. The Kier molecular flexibility index (Phi) is 18.8. The largest absolute Gasteiger partial charge is 0.459 e. The van der Waals surface area contributed by atoms with Crippen LogP contribution in [0.1, 0.15) is 108 Å². The zero-order chi connectivity index (χ0) is 46.4. The summed E-state index contributed by atoms with van der Waals surface area (Å²) in [5, 5.41) is 58.4. The second kappa shape index (κ2) is 22.1. The molecule has 358 valence electrons. The summed E-state index contributed by atoms with van der Waals surface area (Å²) in [6.45, 7) is 20.9. The molecule has 0 saturated carbocycles. The molecule has 0 aliphatic carbocycles. The number of esters is 1. The normalized spacial score (nSPS) is 44.2. The fraction of sp³-hybridized carbons (Fsp3) is 0.886. The van der Waals surface area contributed by atoms with Crippen molar-refractivity contribution in [2.45, 2.75) is 198 Å². The second-order valence-electron chi connectivity index (χ2n) is 18.8. The lowest BCUT2D eigenvalue weighted by atomic mass is 9.75. The van der Waals surface area contributed by atoms with Gasteiger partial charge in [0, 0.05) is 32.0 Å². The van der Waals surface area contributed by atoms with Gasteiger partial charge in [0.25, 0.3) is 0 Å². The van der Waals surface area contributed by atoms with E-state index in [2.05, 4.69) is 25.9 Å². The van der Waals surface area contributed by atoms with Crippen LogP contribution < -0.4 is 20.7 Å². The molecule has 4 heterocycles. The van der Waals surface area contributed by atoms with E-state index in [9.17, 15) is 25.2 Å². The van der Waals surface area contributed by atoms with Crippen molar-refractivity contribution in [3.05, 3.63) is 17.4 Å². The number of nitrogens with one attached hydrogen (secondary N) is 3. The zero-order valence-corrected chi connectivity index (χ0v) is 40.0. The Bertz CT molecular complexity index is 1550. The van der Waals surface area contributed by atoms with Crippen molar-refractivity contribution in [3.63, 3.8) is 0 Å². The quantitative estimate of drug-likeness (QED) is 0.112. The van der Waals surface area contributed by atoms with Crippen molar-refractivity contribution < 1.29 is 58.4 Å². The molecular formula is C44H78ClN5O12. The Labute approximate surface area is 374 Å². The van der Waals surface area contributed by atoms with E-state index in [-0.39, 0.29) is 49.9 Å². The molecule has 3 aliphatic heterocycles. The van der Waals surface area contributed by atoms with Gasteiger partial charge in [0.05, 0.1) is 59.4 Å². The summed E-state index contributed by atoms with van der Waals surface area (Å²) in [6, 6.07) is -0.858. The molecule has 62 heavy (non-hydrogen) atoms. The van der Waals surface area contributed by atoms with Crippen LogP contribution in [0.3, 0.4) is 0 Å². The van der Waals surface area contributed by atoms with E-state index in [1.165, 1.54) is 26.4 Å². The van der Waals surface area contributed by atoms with E-state index >= 15 is 0 Å². The average molecular weight is 905 g/mol. The van der Waals surface area contributed by atoms with Crippen molar-refractivity contribution in [1.82, 2.24) is 25.9 Å². The van der Waals surface area contributed by atoms with Crippen LogP contribution in [0.5, 0.6) is 6.01 Å². The Hall–Kier alpha value is -1.84. The van der Waals surface area contributed by atoms with E-state index in [0.29, 0.717) is 24.5 Å². The number of likely N-dealkylation sites (N-methyl/N-ethyl adjacent to an activating group) is 1. The molecule has 0 aromatic carbocycles. The first-order chi connectivity index (χ1) is 29.0. The Morgan fingerprint density at radius 1 is 0.984 bits per heavy atom. The van der Waals surface area contributed by atoms with E-state index < -0.39 is 95.5 Å². The number of carbonyl (C=O) groups excluding carboxylic acids is 1. The van der Waals surface area contributed by atoms with Gasteiger partial charge in [-0.2, -0.15) is 0 Å². The molecule has 1 aromatic heterocycles. The predicted molar refractivity (Wildman–Crippen MR) is 232 cm³/mol. The van der Waals surface area contributed by atoms with Gasteiger partial charge in [0.1, 0.15) is 29.0 Å². The summed E-state index contributed by atoms with van der Waals surface area (Å²) >= 11 is 6.10. The highest BCUT2D eigenvalue weighted by molar-refractivity contribution is 6.30. The van der Waals surface area contributed by atoms with Gasteiger partial charge in [-0.25, -0.2) is 9.97 Å². The van der Waals surface area contributed by atoms with Gasteiger partial charge in [-0.05, 0) is 100 Å². The Morgan fingerprint density at radius 3 is 2.24 bits per heavy atom. The molecule has 10 unspecified atom stereocenters. The minimum Gasteiger partial charge on any atom is -0.459 e. The molecule has 0 amide bonds. The molecule has 18 heteroatoms. The van der Waals surface area contributed by atoms with Gasteiger partial charge < -0.3 is 69.5 Å². The molecule has 0 spiro atoms. The maximum Gasteiger partial charge on any atom is 0.316 e. The predicted octanol–water partition coefficient (Wildman–Crippen LogP) is 3.12. The maximum atomic E-state index is 14.5. The number of hydrogen-bond donors (Lipinski definition) is 7. The first-order valence-electron chi connectivity index (χ1n) is 22.5. The van der Waals surface area contributed by atoms with Crippen LogP contribution in [0.15, 0.2) is 12.4 Å². The number of halogens is 1. The molecule has 3 saturated heterocycles. The molecule has 4 rings (SSSR count). The van der Waals surface area contributed by atoms with Gasteiger partial charge in [-0.1, -0.05) is 39.3 Å². The summed E-state index contributed by atoms with van der Waals surface area (Å²) in [5.41, 5.74) is -6.06. The number of aromatic nitrogens is 2. The number of methoxy groups -OCH3 is 1. The van der Waals surface area contributed by atoms with Crippen molar-refractivity contribution in [1.29, 1.82) is 0 Å².